The maximum atomic E-state index is 4.32. The van der Waals surface area contributed by atoms with Crippen LogP contribution in [0.4, 0.5) is 0 Å². The van der Waals surface area contributed by atoms with Gasteiger partial charge in [-0.15, -0.1) is 0 Å². The summed E-state index contributed by atoms with van der Waals surface area (Å²) in [5.41, 5.74) is 3.59. The van der Waals surface area contributed by atoms with Crippen molar-refractivity contribution in [3.8, 4) is 11.3 Å². The highest BCUT2D eigenvalue weighted by Gasteiger charge is 2.00. The molecule has 0 spiro atoms. The van der Waals surface area contributed by atoms with Gasteiger partial charge in [0, 0.05) is 11.8 Å². The van der Waals surface area contributed by atoms with Crippen molar-refractivity contribution in [1.82, 2.24) is 4.98 Å². The lowest BCUT2D eigenvalue weighted by Gasteiger charge is -2.06. The van der Waals surface area contributed by atoms with Gasteiger partial charge in [-0.1, -0.05) is 71.9 Å². The fraction of sp³-hybridized carbons (Fsp3) is 0.389. The average molecular weight is 257 g/mol. The van der Waals surface area contributed by atoms with Gasteiger partial charge in [0.15, 0.2) is 0 Å². The van der Waals surface area contributed by atoms with E-state index in [4.69, 9.17) is 0 Å². The number of benzene rings is 1. The summed E-state index contributed by atoms with van der Waals surface area (Å²) in [6, 6.07) is 14.6. The summed E-state index contributed by atoms with van der Waals surface area (Å²) in [5.74, 6) is 0.586. The summed E-state index contributed by atoms with van der Waals surface area (Å²) >= 11 is 0. The second kappa shape index (κ2) is 10.3. The van der Waals surface area contributed by atoms with Crippen LogP contribution in [-0.4, -0.2) is 4.98 Å². The van der Waals surface area contributed by atoms with Gasteiger partial charge in [0.2, 0.25) is 0 Å². The minimum Gasteiger partial charge on any atom is -0.256 e. The molecule has 0 amide bonds. The van der Waals surface area contributed by atoms with Gasteiger partial charge in [0.25, 0.3) is 0 Å². The number of nitrogens with zero attached hydrogens (tertiary/aromatic N) is 1. The third-order valence-corrected chi connectivity index (χ3v) is 2.54. The van der Waals surface area contributed by atoms with Crippen LogP contribution in [0.5, 0.6) is 0 Å². The van der Waals surface area contributed by atoms with Crippen molar-refractivity contribution < 1.29 is 0 Å². The van der Waals surface area contributed by atoms with Crippen molar-refractivity contribution in [3.05, 3.63) is 54.2 Å². The molecule has 1 aromatic heterocycles. The zero-order valence-electron chi connectivity index (χ0n) is 13.1. The molecule has 19 heavy (non-hydrogen) atoms. The Morgan fingerprint density at radius 2 is 1.37 bits per heavy atom. The molecule has 0 unspecified atom stereocenters. The summed E-state index contributed by atoms with van der Waals surface area (Å²) in [7, 11) is 0. The average Bonchev–Trinajstić information content (AvgIpc) is 2.52. The Bertz CT molecular complexity index is 415. The summed E-state index contributed by atoms with van der Waals surface area (Å²) < 4.78 is 0. The maximum absolute atomic E-state index is 4.32. The van der Waals surface area contributed by atoms with Crippen molar-refractivity contribution in [2.75, 3.05) is 0 Å². The lowest BCUT2D eigenvalue weighted by Crippen LogP contribution is -1.87. The van der Waals surface area contributed by atoms with E-state index in [1.807, 2.05) is 52.1 Å². The van der Waals surface area contributed by atoms with E-state index in [1.54, 1.807) is 0 Å². The van der Waals surface area contributed by atoms with Crippen molar-refractivity contribution >= 4 is 0 Å². The zero-order chi connectivity index (χ0) is 14.7. The molecule has 0 aliphatic carbocycles. The summed E-state index contributed by atoms with van der Waals surface area (Å²) in [5, 5.41) is 0. The van der Waals surface area contributed by atoms with Crippen LogP contribution in [0, 0.1) is 0 Å². The van der Waals surface area contributed by atoms with Crippen LogP contribution < -0.4 is 0 Å². The van der Waals surface area contributed by atoms with Gasteiger partial charge in [-0.2, -0.15) is 0 Å². The van der Waals surface area contributed by atoms with Crippen molar-refractivity contribution in [1.29, 1.82) is 0 Å². The Morgan fingerprint density at radius 3 is 1.79 bits per heavy atom. The first-order valence-electron chi connectivity index (χ1n) is 7.29. The molecule has 0 radical (unpaired) electrons. The predicted molar refractivity (Wildman–Crippen MR) is 86.5 cm³/mol. The molecule has 2 aromatic rings. The Kier molecular flexibility index (Phi) is 9.42. The number of aromatic nitrogens is 1. The first-order chi connectivity index (χ1) is 9.27. The van der Waals surface area contributed by atoms with Gasteiger partial charge in [0.05, 0.1) is 5.69 Å². The van der Waals surface area contributed by atoms with Gasteiger partial charge in [0.1, 0.15) is 0 Å². The van der Waals surface area contributed by atoms with E-state index < -0.39 is 0 Å². The quantitative estimate of drug-likeness (QED) is 0.650. The minimum atomic E-state index is 0.586. The molecule has 0 fully saturated rings. The third-order valence-electron chi connectivity index (χ3n) is 2.54. The van der Waals surface area contributed by atoms with Gasteiger partial charge < -0.3 is 0 Å². The summed E-state index contributed by atoms with van der Waals surface area (Å²) in [6.07, 6.45) is 1.83. The topological polar surface area (TPSA) is 12.9 Å². The van der Waals surface area contributed by atoms with Crippen LogP contribution in [0.15, 0.2) is 48.7 Å². The predicted octanol–water partition coefficient (Wildman–Crippen LogP) is 5.92. The molecule has 0 N–H and O–H groups in total. The Hall–Kier alpha value is -1.63. The van der Waals surface area contributed by atoms with E-state index in [0.717, 1.165) is 5.69 Å². The van der Waals surface area contributed by atoms with E-state index >= 15 is 0 Å². The molecule has 1 heterocycles. The molecule has 104 valence electrons. The minimum absolute atomic E-state index is 0.586. The standard InChI is InChI=1S/C14H15N.2C2H6/c1-11(2)12-6-8-13(9-7-12)14-5-3-4-10-15-14;2*1-2/h3-11H,1-2H3;2*1-2H3. The lowest BCUT2D eigenvalue weighted by molar-refractivity contribution is 0.867. The number of pyridine rings is 1. The first kappa shape index (κ1) is 17.4. The third kappa shape index (κ3) is 5.69. The highest BCUT2D eigenvalue weighted by molar-refractivity contribution is 5.59. The highest BCUT2D eigenvalue weighted by atomic mass is 14.7. The zero-order valence-corrected chi connectivity index (χ0v) is 13.1. The van der Waals surface area contributed by atoms with E-state index in [1.165, 1.54) is 11.1 Å². The molecule has 0 bridgehead atoms. The molecule has 2 rings (SSSR count). The van der Waals surface area contributed by atoms with Gasteiger partial charge in [-0.3, -0.25) is 4.98 Å². The first-order valence-corrected chi connectivity index (χ1v) is 7.29. The van der Waals surface area contributed by atoms with E-state index in [2.05, 4.69) is 43.1 Å². The summed E-state index contributed by atoms with van der Waals surface area (Å²) in [6.45, 7) is 12.4. The van der Waals surface area contributed by atoms with Crippen LogP contribution in [0.25, 0.3) is 11.3 Å². The van der Waals surface area contributed by atoms with Crippen LogP contribution in [-0.2, 0) is 0 Å². The Morgan fingerprint density at radius 1 is 0.789 bits per heavy atom. The van der Waals surface area contributed by atoms with Gasteiger partial charge in [-0.25, -0.2) is 0 Å². The van der Waals surface area contributed by atoms with Crippen LogP contribution in [0.2, 0.25) is 0 Å². The molecule has 1 nitrogen and oxygen atoms in total. The second-order valence-corrected chi connectivity index (χ2v) is 3.99. The molecule has 1 heteroatoms. The monoisotopic (exact) mass is 257 g/mol. The van der Waals surface area contributed by atoms with Crippen LogP contribution in [0.3, 0.4) is 0 Å². The summed E-state index contributed by atoms with van der Waals surface area (Å²) in [4.78, 5) is 4.32. The molecule has 0 aliphatic heterocycles. The van der Waals surface area contributed by atoms with E-state index in [-0.39, 0.29) is 0 Å². The maximum Gasteiger partial charge on any atom is 0.0701 e. The van der Waals surface area contributed by atoms with E-state index in [9.17, 15) is 0 Å². The number of hydrogen-bond donors (Lipinski definition) is 0. The van der Waals surface area contributed by atoms with Crippen LogP contribution >= 0.6 is 0 Å². The normalized spacial score (nSPS) is 9.00. The van der Waals surface area contributed by atoms with Gasteiger partial charge in [-0.05, 0) is 23.6 Å². The largest absolute Gasteiger partial charge is 0.256 e. The van der Waals surface area contributed by atoms with Crippen molar-refractivity contribution in [2.24, 2.45) is 0 Å². The van der Waals surface area contributed by atoms with Gasteiger partial charge >= 0.3 is 0 Å². The number of rotatable bonds is 2. The molecule has 0 aliphatic rings. The SMILES string of the molecule is CC.CC.CC(C)c1ccc(-c2ccccn2)cc1. The number of hydrogen-bond acceptors (Lipinski definition) is 1. The molecule has 0 atom stereocenters. The fourth-order valence-electron chi connectivity index (χ4n) is 1.57. The second-order valence-electron chi connectivity index (χ2n) is 3.99. The van der Waals surface area contributed by atoms with Crippen molar-refractivity contribution in [2.45, 2.75) is 47.5 Å². The van der Waals surface area contributed by atoms with Crippen LogP contribution in [0.1, 0.15) is 53.0 Å². The molecular weight excluding hydrogens is 230 g/mol. The fourth-order valence-corrected chi connectivity index (χ4v) is 1.57. The Balaban J connectivity index is 0.000000741. The molecule has 0 saturated carbocycles. The molecule has 1 aromatic carbocycles. The lowest BCUT2D eigenvalue weighted by atomic mass is 10.0. The molecule has 0 saturated heterocycles. The van der Waals surface area contributed by atoms with Crippen molar-refractivity contribution in [3.63, 3.8) is 0 Å². The molecular formula is C18H27N. The smallest absolute Gasteiger partial charge is 0.0701 e. The van der Waals surface area contributed by atoms with E-state index in [0.29, 0.717) is 5.92 Å². The highest BCUT2D eigenvalue weighted by Crippen LogP contribution is 2.20. The Labute approximate surface area is 118 Å².